The smallest absolute Gasteiger partial charge is 0.419 e. The van der Waals surface area contributed by atoms with Gasteiger partial charge in [0.1, 0.15) is 35.5 Å². The number of rotatable bonds is 20. The van der Waals surface area contributed by atoms with Crippen molar-refractivity contribution < 1.29 is 69.5 Å². The van der Waals surface area contributed by atoms with Crippen molar-refractivity contribution in [1.82, 2.24) is 10.6 Å². The molecule has 12 N–H and O–H groups in total. The average Bonchev–Trinajstić information content (AvgIpc) is 3.21. The number of carbonyl (C=O) groups is 4. The van der Waals surface area contributed by atoms with E-state index in [2.05, 4.69) is 30.7 Å². The summed E-state index contributed by atoms with van der Waals surface area (Å²) in [6.45, 7) is 3.89. The fraction of sp³-hybridized carbons (Fsp3) is 0.318. The molecule has 4 rings (SSSR count). The second-order valence-electron chi connectivity index (χ2n) is 14.1. The van der Waals surface area contributed by atoms with E-state index < -0.39 is 36.6 Å². The SMILES string of the molecule is COc1ccc(CCC(C)NC(O)Cc2ccc(O)c(NC(=O)OC(=O)/C=C/C(=O)OC(=O)Nc3cc(CC(O)NC(C)CCc4ccc(OC)cc4)ccc3O)c2)cc1.O.O. The van der Waals surface area contributed by atoms with E-state index in [4.69, 9.17) is 9.47 Å². The summed E-state index contributed by atoms with van der Waals surface area (Å²) >= 11 is 0. The number of nitrogens with one attached hydrogen (secondary N) is 4. The number of esters is 2. The van der Waals surface area contributed by atoms with Crippen LogP contribution in [0.1, 0.15) is 48.9 Å². The number of phenols is 2. The normalized spacial score (nSPS) is 12.7. The van der Waals surface area contributed by atoms with E-state index in [1.165, 1.54) is 24.3 Å². The quantitative estimate of drug-likeness (QED) is 0.0206. The third-order valence-electron chi connectivity index (χ3n) is 9.20. The number of amides is 2. The lowest BCUT2D eigenvalue weighted by Crippen LogP contribution is -2.38. The first-order valence-electron chi connectivity index (χ1n) is 19.2. The maximum atomic E-state index is 12.4. The van der Waals surface area contributed by atoms with E-state index >= 15 is 0 Å². The predicted octanol–water partition coefficient (Wildman–Crippen LogP) is 3.82. The Morgan fingerprint density at radius 1 is 0.565 bits per heavy atom. The van der Waals surface area contributed by atoms with Gasteiger partial charge in [-0.1, -0.05) is 36.4 Å². The third-order valence-corrected chi connectivity index (χ3v) is 9.20. The van der Waals surface area contributed by atoms with Crippen LogP contribution in [0.3, 0.4) is 0 Å². The topological polar surface area (TPSA) is 297 Å². The van der Waals surface area contributed by atoms with Gasteiger partial charge in [0.05, 0.1) is 25.6 Å². The largest absolute Gasteiger partial charge is 0.506 e. The lowest BCUT2D eigenvalue weighted by atomic mass is 10.0. The highest BCUT2D eigenvalue weighted by Gasteiger charge is 2.17. The van der Waals surface area contributed by atoms with Crippen molar-refractivity contribution in [1.29, 1.82) is 0 Å². The molecule has 0 radical (unpaired) electrons. The Morgan fingerprint density at radius 2 is 0.903 bits per heavy atom. The second kappa shape index (κ2) is 25.9. The Kier molecular flexibility index (Phi) is 21.6. The van der Waals surface area contributed by atoms with E-state index in [0.717, 1.165) is 48.3 Å². The molecular formula is C44H56N4O14. The van der Waals surface area contributed by atoms with Crippen LogP contribution in [0.5, 0.6) is 23.0 Å². The number of methoxy groups -OCH3 is 2. The monoisotopic (exact) mass is 864 g/mol. The van der Waals surface area contributed by atoms with Crippen LogP contribution in [0.4, 0.5) is 21.0 Å². The van der Waals surface area contributed by atoms with E-state index in [1.54, 1.807) is 26.4 Å². The maximum absolute atomic E-state index is 12.4. The zero-order valence-electron chi connectivity index (χ0n) is 34.8. The van der Waals surface area contributed by atoms with E-state index in [-0.39, 0.29) is 58.8 Å². The molecule has 4 aromatic rings. The summed E-state index contributed by atoms with van der Waals surface area (Å²) < 4.78 is 19.6. The number of ether oxygens (including phenoxy) is 4. The summed E-state index contributed by atoms with van der Waals surface area (Å²) in [6.07, 6.45) is -0.0193. The van der Waals surface area contributed by atoms with Gasteiger partial charge in [0.15, 0.2) is 0 Å². The summed E-state index contributed by atoms with van der Waals surface area (Å²) in [5.41, 5.74) is 3.16. The van der Waals surface area contributed by atoms with Crippen LogP contribution in [0, 0.1) is 0 Å². The van der Waals surface area contributed by atoms with Crippen molar-refractivity contribution in [3.63, 3.8) is 0 Å². The first-order valence-corrected chi connectivity index (χ1v) is 19.2. The summed E-state index contributed by atoms with van der Waals surface area (Å²) in [6, 6.07) is 23.9. The number of anilines is 2. The molecule has 4 atom stereocenters. The molecule has 0 saturated carbocycles. The van der Waals surface area contributed by atoms with Gasteiger partial charge in [0.2, 0.25) is 0 Å². The molecule has 0 bridgehead atoms. The van der Waals surface area contributed by atoms with Gasteiger partial charge >= 0.3 is 24.1 Å². The van der Waals surface area contributed by atoms with Gasteiger partial charge in [-0.15, -0.1) is 0 Å². The zero-order chi connectivity index (χ0) is 43.6. The lowest BCUT2D eigenvalue weighted by molar-refractivity contribution is -0.134. The number of aryl methyl sites for hydroxylation is 2. The van der Waals surface area contributed by atoms with Crippen LogP contribution >= 0.6 is 0 Å². The van der Waals surface area contributed by atoms with Gasteiger partial charge in [-0.25, -0.2) is 19.2 Å². The number of aliphatic hydroxyl groups excluding tert-OH is 2. The minimum Gasteiger partial charge on any atom is -0.506 e. The number of hydrogen-bond acceptors (Lipinski definition) is 14. The summed E-state index contributed by atoms with van der Waals surface area (Å²) in [5, 5.41) is 52.4. The molecule has 0 saturated heterocycles. The van der Waals surface area contributed by atoms with Crippen LogP contribution in [-0.4, -0.2) is 94.3 Å². The average molecular weight is 865 g/mol. The molecule has 4 unspecified atom stereocenters. The molecule has 4 aromatic carbocycles. The minimum atomic E-state index is -1.30. The fourth-order valence-corrected chi connectivity index (χ4v) is 6.02. The molecule has 18 heteroatoms. The first kappa shape index (κ1) is 51.6. The Labute approximate surface area is 359 Å². The van der Waals surface area contributed by atoms with Crippen molar-refractivity contribution in [3.05, 3.63) is 119 Å². The first-order chi connectivity index (χ1) is 28.7. The minimum absolute atomic E-state index is 0. The third kappa shape index (κ3) is 18.0. The summed E-state index contributed by atoms with van der Waals surface area (Å²) in [7, 11) is 3.21. The number of carbonyl (C=O) groups excluding carboxylic acids is 4. The molecule has 0 aliphatic carbocycles. The van der Waals surface area contributed by atoms with Crippen molar-refractivity contribution in [3.8, 4) is 23.0 Å². The highest BCUT2D eigenvalue weighted by atomic mass is 16.6. The number of phenolic OH excluding ortho intramolecular Hbond substituents is 2. The van der Waals surface area contributed by atoms with Gasteiger partial charge in [0.25, 0.3) is 0 Å². The van der Waals surface area contributed by atoms with Crippen molar-refractivity contribution in [2.24, 2.45) is 0 Å². The van der Waals surface area contributed by atoms with Crippen LogP contribution in [0.25, 0.3) is 0 Å². The molecule has 2 amide bonds. The maximum Gasteiger partial charge on any atom is 0.419 e. The van der Waals surface area contributed by atoms with Gasteiger partial charge in [0, 0.05) is 37.1 Å². The Balaban J connectivity index is 0.00000661. The predicted molar refractivity (Wildman–Crippen MR) is 230 cm³/mol. The lowest BCUT2D eigenvalue weighted by Gasteiger charge is -2.20. The molecule has 0 aromatic heterocycles. The van der Waals surface area contributed by atoms with E-state index in [0.29, 0.717) is 23.3 Å². The van der Waals surface area contributed by atoms with Crippen LogP contribution in [-0.2, 0) is 44.7 Å². The van der Waals surface area contributed by atoms with Gasteiger partial charge < -0.3 is 50.3 Å². The molecule has 0 heterocycles. The molecular weight excluding hydrogens is 808 g/mol. The second-order valence-corrected chi connectivity index (χ2v) is 14.1. The number of hydrogen-bond donors (Lipinski definition) is 8. The fourth-order valence-electron chi connectivity index (χ4n) is 6.02. The van der Waals surface area contributed by atoms with Crippen molar-refractivity contribution in [2.75, 3.05) is 24.9 Å². The van der Waals surface area contributed by atoms with Crippen LogP contribution < -0.4 is 30.7 Å². The highest BCUT2D eigenvalue weighted by Crippen LogP contribution is 2.26. The molecule has 0 aliphatic rings. The number of aromatic hydroxyl groups is 2. The van der Waals surface area contributed by atoms with Crippen LogP contribution in [0.2, 0.25) is 0 Å². The Hall–Kier alpha value is -6.54. The summed E-state index contributed by atoms with van der Waals surface area (Å²) in [4.78, 5) is 49.2. The van der Waals surface area contributed by atoms with Crippen LogP contribution in [0.15, 0.2) is 97.1 Å². The van der Waals surface area contributed by atoms with Crippen molar-refractivity contribution in [2.45, 2.75) is 76.9 Å². The molecule has 62 heavy (non-hydrogen) atoms. The zero-order valence-corrected chi connectivity index (χ0v) is 34.8. The van der Waals surface area contributed by atoms with Crippen molar-refractivity contribution >= 4 is 35.5 Å². The molecule has 0 spiro atoms. The van der Waals surface area contributed by atoms with E-state index in [1.807, 2.05) is 62.4 Å². The van der Waals surface area contributed by atoms with E-state index in [9.17, 15) is 39.6 Å². The number of benzene rings is 4. The standard InChI is InChI=1S/C44H52N4O12.2H2O/c1-27(5-7-29-9-15-33(57-3)16-10-29)45-39(51)25-31-13-19-37(49)35(23-31)47-43(55)59-41(53)21-22-42(54)60-44(56)48-36-24-32(14-20-38(36)50)26-40(52)46-28(2)6-8-30-11-17-34(58-4)18-12-30;;/h9-24,27-28,39-40,45-46,49-52H,5-8,25-26H2,1-4H3,(H,47,55)(H,48,56);2*1H2/b22-21+;;. The molecule has 336 valence electrons. The molecule has 0 aliphatic heterocycles. The Bertz CT molecular complexity index is 1930. The Morgan fingerprint density at radius 3 is 1.24 bits per heavy atom. The van der Waals surface area contributed by atoms with Gasteiger partial charge in [-0.3, -0.25) is 21.3 Å². The molecule has 18 nitrogen and oxygen atoms in total. The number of aliphatic hydroxyl groups is 2. The molecule has 0 fully saturated rings. The highest BCUT2D eigenvalue weighted by molar-refractivity contribution is 6.02. The van der Waals surface area contributed by atoms with Gasteiger partial charge in [-0.05, 0) is 110 Å². The summed E-state index contributed by atoms with van der Waals surface area (Å²) in [5.74, 6) is -1.71. The van der Waals surface area contributed by atoms with Gasteiger partial charge in [-0.2, -0.15) is 0 Å².